The highest BCUT2D eigenvalue weighted by Crippen LogP contribution is 2.42. The lowest BCUT2D eigenvalue weighted by Gasteiger charge is -2.07. The second-order valence-corrected chi connectivity index (χ2v) is 3.94. The Morgan fingerprint density at radius 1 is 1.13 bits per heavy atom. The largest absolute Gasteiger partial charge is 0.124 e. The Morgan fingerprint density at radius 2 is 1.67 bits per heavy atom. The minimum absolute atomic E-state index is 0.755. The molecule has 1 aromatic carbocycles. The van der Waals surface area contributed by atoms with Crippen molar-refractivity contribution in [3.8, 4) is 25.2 Å². The van der Waals surface area contributed by atoms with Gasteiger partial charge in [0.1, 0.15) is 0 Å². The molecule has 76 valence electrons. The Labute approximate surface area is 92.7 Å². The van der Waals surface area contributed by atoms with Gasteiger partial charge in [0.05, 0.1) is 0 Å². The van der Waals surface area contributed by atoms with E-state index in [1.165, 1.54) is 29.5 Å². The molecular formula is C15H16. The van der Waals surface area contributed by atoms with Crippen molar-refractivity contribution in [3.05, 3.63) is 34.4 Å². The first-order valence-electron chi connectivity index (χ1n) is 5.13. The number of hydrogen-bond acceptors (Lipinski definition) is 0. The van der Waals surface area contributed by atoms with Crippen LogP contribution >= 0.6 is 0 Å². The second-order valence-electron chi connectivity index (χ2n) is 3.94. The van der Waals surface area contributed by atoms with Crippen molar-refractivity contribution in [1.29, 1.82) is 0 Å². The summed E-state index contributed by atoms with van der Waals surface area (Å²) in [6.07, 6.45) is 16.1. The summed E-state index contributed by atoms with van der Waals surface area (Å²) in [7, 11) is 0. The molecule has 0 N–H and O–H groups in total. The first kappa shape index (κ1) is 11.4. The topological polar surface area (TPSA) is 0 Å². The number of aryl methyl sites for hydroxylation is 2. The minimum atomic E-state index is 0.755. The van der Waals surface area contributed by atoms with E-state index in [1.54, 1.807) is 0 Å². The maximum absolute atomic E-state index is 5.49. The fourth-order valence-corrected chi connectivity index (χ4v) is 1.70. The molecule has 0 nitrogen and oxygen atoms in total. The van der Waals surface area contributed by atoms with Crippen LogP contribution in [0.3, 0.4) is 0 Å². The molecule has 0 aromatic heterocycles. The molecule has 1 aromatic rings. The lowest BCUT2D eigenvalue weighted by molar-refractivity contribution is 1.10. The smallest absolute Gasteiger partial charge is 0.0280 e. The van der Waals surface area contributed by atoms with E-state index in [4.69, 9.17) is 6.42 Å². The predicted octanol–water partition coefficient (Wildman–Crippen LogP) is 3.41. The van der Waals surface area contributed by atoms with Crippen LogP contribution in [0.5, 0.6) is 0 Å². The Balaban J connectivity index is 0.000000531. The van der Waals surface area contributed by atoms with Crippen molar-refractivity contribution in [3.63, 3.8) is 0 Å². The molecule has 1 aliphatic rings. The van der Waals surface area contributed by atoms with Gasteiger partial charge in [-0.3, -0.25) is 0 Å². The molecule has 0 amide bonds. The van der Waals surface area contributed by atoms with Crippen LogP contribution in [-0.4, -0.2) is 0 Å². The molecule has 0 atom stereocenters. The summed E-state index contributed by atoms with van der Waals surface area (Å²) in [5, 5.41) is 0. The van der Waals surface area contributed by atoms with Crippen LogP contribution in [0.25, 0.3) is 0 Å². The normalized spacial score (nSPS) is 13.5. The number of hydrogen-bond donors (Lipinski definition) is 0. The van der Waals surface area contributed by atoms with Gasteiger partial charge >= 0.3 is 0 Å². The summed E-state index contributed by atoms with van der Waals surface area (Å²) in [6, 6.07) is 4.41. The molecule has 0 aliphatic heterocycles. The third-order valence-electron chi connectivity index (χ3n) is 2.84. The van der Waals surface area contributed by atoms with E-state index in [0.717, 1.165) is 11.5 Å². The van der Waals surface area contributed by atoms with Crippen LogP contribution < -0.4 is 0 Å². The Bertz CT molecular complexity index is 412. The molecule has 0 heterocycles. The van der Waals surface area contributed by atoms with E-state index in [0.29, 0.717) is 0 Å². The summed E-state index contributed by atoms with van der Waals surface area (Å²) >= 11 is 0. The van der Waals surface area contributed by atoms with Crippen LogP contribution in [0.4, 0.5) is 0 Å². The lowest BCUT2D eigenvalue weighted by Crippen LogP contribution is -1.91. The van der Waals surface area contributed by atoms with Gasteiger partial charge in [-0.05, 0) is 55.4 Å². The molecule has 0 unspecified atom stereocenters. The summed E-state index contributed by atoms with van der Waals surface area (Å²) < 4.78 is 0. The molecule has 2 rings (SSSR count). The van der Waals surface area contributed by atoms with E-state index >= 15 is 0 Å². The highest BCUT2D eigenvalue weighted by molar-refractivity contribution is 5.48. The van der Waals surface area contributed by atoms with E-state index < -0.39 is 0 Å². The Kier molecular flexibility index (Phi) is 3.59. The maximum atomic E-state index is 5.49. The third kappa shape index (κ3) is 2.42. The van der Waals surface area contributed by atoms with Gasteiger partial charge in [0.15, 0.2) is 0 Å². The fraction of sp³-hybridized carbons (Fsp3) is 0.333. The average molecular weight is 196 g/mol. The van der Waals surface area contributed by atoms with E-state index in [2.05, 4.69) is 44.7 Å². The third-order valence-corrected chi connectivity index (χ3v) is 2.84. The fourth-order valence-electron chi connectivity index (χ4n) is 1.70. The van der Waals surface area contributed by atoms with Crippen LogP contribution in [0, 0.1) is 39.0 Å². The first-order chi connectivity index (χ1) is 7.22. The molecule has 1 aliphatic carbocycles. The van der Waals surface area contributed by atoms with Gasteiger partial charge in [0.2, 0.25) is 0 Å². The zero-order chi connectivity index (χ0) is 11.4. The summed E-state index contributed by atoms with van der Waals surface area (Å²) in [6.45, 7) is 4.27. The van der Waals surface area contributed by atoms with Crippen LogP contribution in [0.2, 0.25) is 0 Å². The molecule has 1 fully saturated rings. The van der Waals surface area contributed by atoms with Gasteiger partial charge in [-0.15, -0.1) is 19.3 Å². The van der Waals surface area contributed by atoms with E-state index in [-0.39, 0.29) is 0 Å². The SMILES string of the molecule is C#C.C#Cc1cc(C)c(C)cc1C1CC1. The van der Waals surface area contributed by atoms with E-state index in [9.17, 15) is 0 Å². The highest BCUT2D eigenvalue weighted by atomic mass is 14.3. The van der Waals surface area contributed by atoms with E-state index in [1.807, 2.05) is 0 Å². The highest BCUT2D eigenvalue weighted by Gasteiger charge is 2.25. The standard InChI is InChI=1S/C13H14.C2H2/c1-4-11-7-9(2)10(3)8-13(11)12-5-6-12;1-2/h1,7-8,12H,5-6H2,2-3H3;1-2H. The van der Waals surface area contributed by atoms with Crippen molar-refractivity contribution in [2.75, 3.05) is 0 Å². The van der Waals surface area contributed by atoms with Crippen molar-refractivity contribution in [2.24, 2.45) is 0 Å². The molecule has 1 saturated carbocycles. The molecule has 0 heteroatoms. The molecule has 0 bridgehead atoms. The number of terminal acetylenes is 2. The van der Waals surface area contributed by atoms with Crippen LogP contribution in [0.1, 0.15) is 41.0 Å². The van der Waals surface area contributed by atoms with Crippen LogP contribution in [-0.2, 0) is 0 Å². The quantitative estimate of drug-likeness (QED) is 0.604. The summed E-state index contributed by atoms with van der Waals surface area (Å²) in [5.41, 5.74) is 5.16. The molecule has 0 saturated heterocycles. The first-order valence-corrected chi connectivity index (χ1v) is 5.13. The van der Waals surface area contributed by atoms with Gasteiger partial charge in [-0.1, -0.05) is 12.0 Å². The Morgan fingerprint density at radius 3 is 2.13 bits per heavy atom. The van der Waals surface area contributed by atoms with Crippen molar-refractivity contribution < 1.29 is 0 Å². The molecule has 15 heavy (non-hydrogen) atoms. The van der Waals surface area contributed by atoms with Crippen molar-refractivity contribution >= 4 is 0 Å². The zero-order valence-corrected chi connectivity index (χ0v) is 9.38. The minimum Gasteiger partial charge on any atom is -0.124 e. The number of rotatable bonds is 1. The van der Waals surface area contributed by atoms with Gasteiger partial charge in [0, 0.05) is 5.56 Å². The van der Waals surface area contributed by atoms with Gasteiger partial charge in [-0.25, -0.2) is 0 Å². The maximum Gasteiger partial charge on any atom is 0.0280 e. The van der Waals surface area contributed by atoms with Crippen LogP contribution in [0.15, 0.2) is 12.1 Å². The van der Waals surface area contributed by atoms with Gasteiger partial charge < -0.3 is 0 Å². The second kappa shape index (κ2) is 4.72. The average Bonchev–Trinajstić information content (AvgIpc) is 3.08. The zero-order valence-electron chi connectivity index (χ0n) is 9.38. The lowest BCUT2D eigenvalue weighted by atomic mass is 9.97. The monoisotopic (exact) mass is 196 g/mol. The Hall–Kier alpha value is -1.66. The molecule has 0 spiro atoms. The predicted molar refractivity (Wildman–Crippen MR) is 65.7 cm³/mol. The molecular weight excluding hydrogens is 180 g/mol. The summed E-state index contributed by atoms with van der Waals surface area (Å²) in [5.74, 6) is 3.54. The van der Waals surface area contributed by atoms with Crippen molar-refractivity contribution in [1.82, 2.24) is 0 Å². The number of benzene rings is 1. The van der Waals surface area contributed by atoms with Gasteiger partial charge in [-0.2, -0.15) is 0 Å². The summed E-state index contributed by atoms with van der Waals surface area (Å²) in [4.78, 5) is 0. The van der Waals surface area contributed by atoms with Crippen molar-refractivity contribution in [2.45, 2.75) is 32.6 Å². The van der Waals surface area contributed by atoms with Gasteiger partial charge in [0.25, 0.3) is 0 Å². The molecule has 0 radical (unpaired) electrons.